The number of hydrogen-bond donors (Lipinski definition) is 3. The van der Waals surface area contributed by atoms with Crippen LogP contribution in [0.2, 0.25) is 0 Å². The second-order valence-corrected chi connectivity index (χ2v) is 5.85. The summed E-state index contributed by atoms with van der Waals surface area (Å²) in [5, 5.41) is 15.2. The third-order valence-electron chi connectivity index (χ3n) is 4.26. The molecule has 1 aliphatic heterocycles. The first-order valence-electron chi connectivity index (χ1n) is 8.16. The lowest BCUT2D eigenvalue weighted by Gasteiger charge is -2.20. The molecule has 2 amide bonds. The molecule has 1 heterocycles. The van der Waals surface area contributed by atoms with E-state index in [4.69, 9.17) is 4.74 Å². The smallest absolute Gasteiger partial charge is 0.315 e. The molecule has 0 spiro atoms. The van der Waals surface area contributed by atoms with E-state index in [1.807, 2.05) is 54.6 Å². The van der Waals surface area contributed by atoms with Crippen molar-refractivity contribution in [3.63, 3.8) is 0 Å². The Balaban J connectivity index is 1.56. The van der Waals surface area contributed by atoms with Crippen molar-refractivity contribution in [1.82, 2.24) is 10.6 Å². The molecule has 126 valence electrons. The Morgan fingerprint density at radius 1 is 1.08 bits per heavy atom. The monoisotopic (exact) mass is 326 g/mol. The summed E-state index contributed by atoms with van der Waals surface area (Å²) in [4.78, 5) is 12.2. The van der Waals surface area contributed by atoms with Crippen LogP contribution < -0.4 is 10.6 Å². The van der Waals surface area contributed by atoms with Gasteiger partial charge in [0.25, 0.3) is 0 Å². The topological polar surface area (TPSA) is 70.6 Å². The van der Waals surface area contributed by atoms with Gasteiger partial charge in [-0.15, -0.1) is 0 Å². The van der Waals surface area contributed by atoms with E-state index < -0.39 is 0 Å². The van der Waals surface area contributed by atoms with Gasteiger partial charge in [-0.3, -0.25) is 0 Å². The average molecular weight is 326 g/mol. The molecule has 1 saturated heterocycles. The van der Waals surface area contributed by atoms with Gasteiger partial charge >= 0.3 is 6.03 Å². The number of carbonyl (C=O) groups is 1. The molecule has 0 radical (unpaired) electrons. The second kappa shape index (κ2) is 7.95. The maximum absolute atomic E-state index is 12.2. The highest BCUT2D eigenvalue weighted by atomic mass is 16.5. The standard InChI is InChI=1S/C19H22N2O3/c22-13-16-9-5-4-8-15(16)12-20-19(23)21-17-10-11-24-18(17)14-6-2-1-3-7-14/h1-9,17-18,22H,10-13H2,(H2,20,21,23). The van der Waals surface area contributed by atoms with Crippen LogP contribution in [0.4, 0.5) is 4.79 Å². The van der Waals surface area contributed by atoms with Crippen molar-refractivity contribution in [1.29, 1.82) is 0 Å². The van der Waals surface area contributed by atoms with Gasteiger partial charge in [0, 0.05) is 13.2 Å². The molecule has 2 aromatic carbocycles. The molecule has 1 fully saturated rings. The molecule has 2 aromatic rings. The van der Waals surface area contributed by atoms with Crippen LogP contribution in [0.25, 0.3) is 0 Å². The van der Waals surface area contributed by atoms with Crippen LogP contribution in [-0.2, 0) is 17.9 Å². The van der Waals surface area contributed by atoms with Crippen LogP contribution in [0.3, 0.4) is 0 Å². The van der Waals surface area contributed by atoms with Gasteiger partial charge in [0.15, 0.2) is 0 Å². The van der Waals surface area contributed by atoms with Crippen molar-refractivity contribution in [2.45, 2.75) is 31.7 Å². The van der Waals surface area contributed by atoms with Crippen molar-refractivity contribution in [3.05, 3.63) is 71.3 Å². The number of ether oxygens (including phenoxy) is 1. The van der Waals surface area contributed by atoms with Crippen LogP contribution in [0.15, 0.2) is 54.6 Å². The lowest BCUT2D eigenvalue weighted by molar-refractivity contribution is 0.0999. The molecule has 3 N–H and O–H groups in total. The van der Waals surface area contributed by atoms with Crippen molar-refractivity contribution < 1.29 is 14.6 Å². The third kappa shape index (κ3) is 3.93. The molecule has 2 atom stereocenters. The molecule has 0 aromatic heterocycles. The van der Waals surface area contributed by atoms with Crippen molar-refractivity contribution in [2.24, 2.45) is 0 Å². The average Bonchev–Trinajstić information content (AvgIpc) is 3.09. The molecular formula is C19H22N2O3. The Bertz CT molecular complexity index is 675. The summed E-state index contributed by atoms with van der Waals surface area (Å²) in [5.74, 6) is 0. The Kier molecular flexibility index (Phi) is 5.46. The van der Waals surface area contributed by atoms with Crippen LogP contribution in [-0.4, -0.2) is 23.8 Å². The molecule has 0 aliphatic carbocycles. The fourth-order valence-electron chi connectivity index (χ4n) is 2.99. The van der Waals surface area contributed by atoms with Crippen LogP contribution in [0.1, 0.15) is 29.2 Å². The van der Waals surface area contributed by atoms with E-state index in [-0.39, 0.29) is 24.8 Å². The number of urea groups is 1. The minimum Gasteiger partial charge on any atom is -0.392 e. The summed E-state index contributed by atoms with van der Waals surface area (Å²) in [6, 6.07) is 17.2. The van der Waals surface area contributed by atoms with E-state index in [0.717, 1.165) is 23.1 Å². The largest absolute Gasteiger partial charge is 0.392 e. The Hall–Kier alpha value is -2.37. The molecule has 2 unspecified atom stereocenters. The maximum Gasteiger partial charge on any atom is 0.315 e. The highest BCUT2D eigenvalue weighted by Gasteiger charge is 2.30. The van der Waals surface area contributed by atoms with Crippen LogP contribution in [0, 0.1) is 0 Å². The first kappa shape index (κ1) is 16.5. The zero-order valence-electron chi connectivity index (χ0n) is 13.4. The molecule has 5 nitrogen and oxygen atoms in total. The summed E-state index contributed by atoms with van der Waals surface area (Å²) in [5.41, 5.74) is 2.81. The minimum atomic E-state index is -0.223. The SMILES string of the molecule is O=C(NCc1ccccc1CO)NC1CCOC1c1ccccc1. The first-order valence-corrected chi connectivity index (χ1v) is 8.16. The number of hydrogen-bond acceptors (Lipinski definition) is 3. The van der Waals surface area contributed by atoms with Crippen LogP contribution in [0.5, 0.6) is 0 Å². The van der Waals surface area contributed by atoms with E-state index >= 15 is 0 Å². The molecule has 5 heteroatoms. The van der Waals surface area contributed by atoms with Crippen molar-refractivity contribution >= 4 is 6.03 Å². The molecule has 0 saturated carbocycles. The van der Waals surface area contributed by atoms with Crippen molar-refractivity contribution in [2.75, 3.05) is 6.61 Å². The number of benzene rings is 2. The number of rotatable bonds is 5. The van der Waals surface area contributed by atoms with Gasteiger partial charge in [0.05, 0.1) is 12.6 Å². The highest BCUT2D eigenvalue weighted by Crippen LogP contribution is 2.28. The number of nitrogens with one attached hydrogen (secondary N) is 2. The quantitative estimate of drug-likeness (QED) is 0.791. The first-order chi connectivity index (χ1) is 11.8. The van der Waals surface area contributed by atoms with Gasteiger partial charge < -0.3 is 20.5 Å². The predicted octanol–water partition coefficient (Wildman–Crippen LogP) is 2.51. The van der Waals surface area contributed by atoms with Gasteiger partial charge in [-0.25, -0.2) is 4.79 Å². The Morgan fingerprint density at radius 2 is 1.79 bits per heavy atom. The zero-order chi connectivity index (χ0) is 16.8. The molecule has 1 aliphatic rings. The molecule has 3 rings (SSSR count). The lowest BCUT2D eigenvalue weighted by Crippen LogP contribution is -2.43. The number of carbonyl (C=O) groups excluding carboxylic acids is 1. The van der Waals surface area contributed by atoms with Crippen LogP contribution >= 0.6 is 0 Å². The normalized spacial score (nSPS) is 19.9. The van der Waals surface area contributed by atoms with E-state index in [2.05, 4.69) is 10.6 Å². The number of amides is 2. The fourth-order valence-corrected chi connectivity index (χ4v) is 2.99. The van der Waals surface area contributed by atoms with E-state index in [1.54, 1.807) is 0 Å². The van der Waals surface area contributed by atoms with E-state index in [1.165, 1.54) is 0 Å². The fraction of sp³-hybridized carbons (Fsp3) is 0.316. The summed E-state index contributed by atoms with van der Waals surface area (Å²) >= 11 is 0. The Labute approximate surface area is 141 Å². The van der Waals surface area contributed by atoms with Gasteiger partial charge in [-0.1, -0.05) is 54.6 Å². The molecular weight excluding hydrogens is 304 g/mol. The van der Waals surface area contributed by atoms with Gasteiger partial charge in [-0.05, 0) is 23.1 Å². The van der Waals surface area contributed by atoms with Gasteiger partial charge in [-0.2, -0.15) is 0 Å². The molecule has 24 heavy (non-hydrogen) atoms. The summed E-state index contributed by atoms with van der Waals surface area (Å²) in [7, 11) is 0. The summed E-state index contributed by atoms with van der Waals surface area (Å²) < 4.78 is 5.78. The number of aliphatic hydroxyl groups is 1. The summed E-state index contributed by atoms with van der Waals surface area (Å²) in [6.45, 7) is 0.982. The second-order valence-electron chi connectivity index (χ2n) is 5.85. The van der Waals surface area contributed by atoms with Crippen molar-refractivity contribution in [3.8, 4) is 0 Å². The van der Waals surface area contributed by atoms with E-state index in [0.29, 0.717) is 13.2 Å². The zero-order valence-corrected chi connectivity index (χ0v) is 13.4. The predicted molar refractivity (Wildman–Crippen MR) is 91.3 cm³/mol. The lowest BCUT2D eigenvalue weighted by atomic mass is 10.0. The summed E-state index contributed by atoms with van der Waals surface area (Å²) in [6.07, 6.45) is 0.682. The highest BCUT2D eigenvalue weighted by molar-refractivity contribution is 5.74. The number of aliphatic hydroxyl groups excluding tert-OH is 1. The van der Waals surface area contributed by atoms with Gasteiger partial charge in [0.1, 0.15) is 6.10 Å². The van der Waals surface area contributed by atoms with E-state index in [9.17, 15) is 9.90 Å². The Morgan fingerprint density at radius 3 is 2.54 bits per heavy atom. The maximum atomic E-state index is 12.2. The minimum absolute atomic E-state index is 0.0357. The molecule has 0 bridgehead atoms. The van der Waals surface area contributed by atoms with Gasteiger partial charge in [0.2, 0.25) is 0 Å². The third-order valence-corrected chi connectivity index (χ3v) is 4.26.